The quantitative estimate of drug-likeness (QED) is 0.623. The molecule has 0 spiro atoms. The van der Waals surface area contributed by atoms with Gasteiger partial charge in [0, 0.05) is 22.7 Å². The molecule has 1 saturated heterocycles. The molecular weight excluding hydrogens is 411 g/mol. The summed E-state index contributed by atoms with van der Waals surface area (Å²) in [6.45, 7) is 2.23. The van der Waals surface area contributed by atoms with E-state index in [1.54, 1.807) is 18.3 Å². The first-order valence-electron chi connectivity index (χ1n) is 9.42. The summed E-state index contributed by atoms with van der Waals surface area (Å²) in [6, 6.07) is 10.9. The van der Waals surface area contributed by atoms with Gasteiger partial charge < -0.3 is 9.73 Å². The molecule has 3 heterocycles. The maximum absolute atomic E-state index is 12.5. The number of pyridine rings is 1. The molecule has 1 amide bonds. The van der Waals surface area contributed by atoms with Crippen LogP contribution in [0.2, 0.25) is 10.0 Å². The van der Waals surface area contributed by atoms with Gasteiger partial charge in [0.05, 0.1) is 17.8 Å². The number of hydrogen-bond acceptors (Lipinski definition) is 5. The highest BCUT2D eigenvalue weighted by Gasteiger charge is 2.26. The van der Waals surface area contributed by atoms with Crippen molar-refractivity contribution in [3.63, 3.8) is 0 Å². The SMILES string of the molecule is O=C(Nc1ccc(Cl)cn1)C1CCN(Cc2ncc(-c3cccc(Cl)c3)o2)CC1. The fourth-order valence-corrected chi connectivity index (χ4v) is 3.68. The molecule has 3 aromatic rings. The van der Waals surface area contributed by atoms with E-state index < -0.39 is 0 Å². The molecule has 8 heteroatoms. The summed E-state index contributed by atoms with van der Waals surface area (Å²) in [5, 5.41) is 4.07. The molecule has 150 valence electrons. The fraction of sp³-hybridized carbons (Fsp3) is 0.286. The van der Waals surface area contributed by atoms with E-state index in [0.717, 1.165) is 31.5 Å². The van der Waals surface area contributed by atoms with Crippen LogP contribution in [0.1, 0.15) is 18.7 Å². The molecular formula is C21H20Cl2N4O2. The van der Waals surface area contributed by atoms with Crippen LogP contribution >= 0.6 is 23.2 Å². The van der Waals surface area contributed by atoms with Crippen molar-refractivity contribution < 1.29 is 9.21 Å². The van der Waals surface area contributed by atoms with Gasteiger partial charge in [0.25, 0.3) is 0 Å². The zero-order valence-corrected chi connectivity index (χ0v) is 17.2. The first-order chi connectivity index (χ1) is 14.1. The van der Waals surface area contributed by atoms with E-state index in [-0.39, 0.29) is 11.8 Å². The third kappa shape index (κ3) is 5.15. The maximum Gasteiger partial charge on any atom is 0.228 e. The third-order valence-corrected chi connectivity index (χ3v) is 5.42. The second-order valence-corrected chi connectivity index (χ2v) is 7.90. The van der Waals surface area contributed by atoms with Crippen LogP contribution in [0.5, 0.6) is 0 Å². The van der Waals surface area contributed by atoms with Crippen molar-refractivity contribution in [1.29, 1.82) is 0 Å². The standard InChI is InChI=1S/C21H20Cl2N4O2/c22-16-3-1-2-15(10-16)18-12-25-20(29-18)13-27-8-6-14(7-9-27)21(28)26-19-5-4-17(23)11-24-19/h1-5,10-12,14H,6-9,13H2,(H,24,26,28). The molecule has 6 nitrogen and oxygen atoms in total. The van der Waals surface area contributed by atoms with Crippen LogP contribution < -0.4 is 5.32 Å². The molecule has 0 bridgehead atoms. The molecule has 0 saturated carbocycles. The van der Waals surface area contributed by atoms with E-state index in [4.69, 9.17) is 27.6 Å². The van der Waals surface area contributed by atoms with Gasteiger partial charge in [0.1, 0.15) is 5.82 Å². The van der Waals surface area contributed by atoms with Crippen molar-refractivity contribution in [2.24, 2.45) is 5.92 Å². The van der Waals surface area contributed by atoms with Crippen LogP contribution in [0.4, 0.5) is 5.82 Å². The van der Waals surface area contributed by atoms with Gasteiger partial charge in [-0.3, -0.25) is 9.69 Å². The molecule has 0 unspecified atom stereocenters. The molecule has 1 aliphatic rings. The Bertz CT molecular complexity index is 982. The van der Waals surface area contributed by atoms with Gasteiger partial charge in [-0.2, -0.15) is 0 Å². The van der Waals surface area contributed by atoms with Crippen LogP contribution in [0.15, 0.2) is 53.2 Å². The molecule has 1 N–H and O–H groups in total. The Labute approximate surface area is 178 Å². The van der Waals surface area contributed by atoms with Gasteiger partial charge in [-0.05, 0) is 50.2 Å². The average Bonchev–Trinajstić information content (AvgIpc) is 3.19. The number of carbonyl (C=O) groups is 1. The lowest BCUT2D eigenvalue weighted by molar-refractivity contribution is -0.121. The minimum absolute atomic E-state index is 0.00108. The number of aromatic nitrogens is 2. The zero-order chi connectivity index (χ0) is 20.2. The van der Waals surface area contributed by atoms with E-state index >= 15 is 0 Å². The number of oxazole rings is 1. The number of rotatable bonds is 5. The second kappa shape index (κ2) is 8.95. The highest BCUT2D eigenvalue weighted by atomic mass is 35.5. The summed E-state index contributed by atoms with van der Waals surface area (Å²) >= 11 is 11.9. The third-order valence-electron chi connectivity index (χ3n) is 4.96. The number of anilines is 1. The number of halogens is 2. The van der Waals surface area contributed by atoms with Crippen molar-refractivity contribution in [1.82, 2.24) is 14.9 Å². The van der Waals surface area contributed by atoms with Gasteiger partial charge >= 0.3 is 0 Å². The number of piperidine rings is 1. The second-order valence-electron chi connectivity index (χ2n) is 7.03. The lowest BCUT2D eigenvalue weighted by Crippen LogP contribution is -2.37. The minimum Gasteiger partial charge on any atom is -0.439 e. The molecule has 29 heavy (non-hydrogen) atoms. The molecule has 4 rings (SSSR count). The van der Waals surface area contributed by atoms with Crippen molar-refractivity contribution >= 4 is 34.9 Å². The number of likely N-dealkylation sites (tertiary alicyclic amines) is 1. The molecule has 1 aliphatic heterocycles. The number of amides is 1. The van der Waals surface area contributed by atoms with E-state index in [9.17, 15) is 4.79 Å². The lowest BCUT2D eigenvalue weighted by Gasteiger charge is -2.30. The summed E-state index contributed by atoms with van der Waals surface area (Å²) in [7, 11) is 0. The van der Waals surface area contributed by atoms with Crippen LogP contribution in [0.3, 0.4) is 0 Å². The Hall–Kier alpha value is -2.41. The van der Waals surface area contributed by atoms with Crippen LogP contribution in [-0.4, -0.2) is 33.9 Å². The number of benzene rings is 1. The first-order valence-corrected chi connectivity index (χ1v) is 10.2. The number of nitrogens with zero attached hydrogens (tertiary/aromatic N) is 3. The lowest BCUT2D eigenvalue weighted by atomic mass is 9.96. The Balaban J connectivity index is 1.29. The van der Waals surface area contributed by atoms with Crippen LogP contribution in [0.25, 0.3) is 11.3 Å². The van der Waals surface area contributed by atoms with E-state index in [1.807, 2.05) is 24.3 Å². The molecule has 1 aromatic carbocycles. The van der Waals surface area contributed by atoms with Crippen molar-refractivity contribution in [3.8, 4) is 11.3 Å². The highest BCUT2D eigenvalue weighted by molar-refractivity contribution is 6.31. The number of nitrogens with one attached hydrogen (secondary N) is 1. The number of carbonyl (C=O) groups excluding carboxylic acids is 1. The topological polar surface area (TPSA) is 71.3 Å². The molecule has 1 fully saturated rings. The van der Waals surface area contributed by atoms with Gasteiger partial charge in [0.2, 0.25) is 11.8 Å². The summed E-state index contributed by atoms with van der Waals surface area (Å²) in [4.78, 5) is 23.2. The predicted molar refractivity (Wildman–Crippen MR) is 113 cm³/mol. The maximum atomic E-state index is 12.5. The largest absolute Gasteiger partial charge is 0.439 e. The van der Waals surface area contributed by atoms with Gasteiger partial charge in [0.15, 0.2) is 5.76 Å². The Morgan fingerprint density at radius 2 is 1.93 bits per heavy atom. The molecule has 0 atom stereocenters. The Morgan fingerprint density at radius 3 is 2.66 bits per heavy atom. The first kappa shape index (κ1) is 19.9. The zero-order valence-electron chi connectivity index (χ0n) is 15.6. The Morgan fingerprint density at radius 1 is 1.10 bits per heavy atom. The summed E-state index contributed by atoms with van der Waals surface area (Å²) < 4.78 is 5.88. The van der Waals surface area contributed by atoms with Gasteiger partial charge in [-0.15, -0.1) is 0 Å². The summed E-state index contributed by atoms with van der Waals surface area (Å²) in [6.07, 6.45) is 4.80. The molecule has 0 aliphatic carbocycles. The smallest absolute Gasteiger partial charge is 0.228 e. The molecule has 0 radical (unpaired) electrons. The fourth-order valence-electron chi connectivity index (χ4n) is 3.38. The summed E-state index contributed by atoms with van der Waals surface area (Å²) in [5.41, 5.74) is 0.905. The van der Waals surface area contributed by atoms with Gasteiger partial charge in [-0.1, -0.05) is 35.3 Å². The van der Waals surface area contributed by atoms with E-state index in [1.165, 1.54) is 6.20 Å². The minimum atomic E-state index is -0.0321. The summed E-state index contributed by atoms with van der Waals surface area (Å²) in [5.74, 6) is 1.85. The number of hydrogen-bond donors (Lipinski definition) is 1. The van der Waals surface area contributed by atoms with E-state index in [2.05, 4.69) is 20.2 Å². The average molecular weight is 431 g/mol. The van der Waals surface area contributed by atoms with E-state index in [0.29, 0.717) is 34.1 Å². The normalized spacial score (nSPS) is 15.4. The van der Waals surface area contributed by atoms with Crippen molar-refractivity contribution in [2.45, 2.75) is 19.4 Å². The Kier molecular flexibility index (Phi) is 6.13. The van der Waals surface area contributed by atoms with Crippen LogP contribution in [0, 0.1) is 5.92 Å². The predicted octanol–water partition coefficient (Wildman–Crippen LogP) is 4.89. The van der Waals surface area contributed by atoms with Crippen LogP contribution in [-0.2, 0) is 11.3 Å². The monoisotopic (exact) mass is 430 g/mol. The highest BCUT2D eigenvalue weighted by Crippen LogP contribution is 2.25. The van der Waals surface area contributed by atoms with Crippen molar-refractivity contribution in [3.05, 3.63) is 64.7 Å². The molecule has 2 aromatic heterocycles. The van der Waals surface area contributed by atoms with Gasteiger partial charge in [-0.25, -0.2) is 9.97 Å². The van der Waals surface area contributed by atoms with Crippen molar-refractivity contribution in [2.75, 3.05) is 18.4 Å².